The summed E-state index contributed by atoms with van der Waals surface area (Å²) in [6, 6.07) is 0.798. The van der Waals surface area contributed by atoms with Crippen LogP contribution in [0.15, 0.2) is 0 Å². The third kappa shape index (κ3) is 2.54. The van der Waals surface area contributed by atoms with Gasteiger partial charge in [0.1, 0.15) is 0 Å². The summed E-state index contributed by atoms with van der Waals surface area (Å²) in [6.07, 6.45) is 2.83. The molecule has 0 aromatic heterocycles. The number of nitrogens with zero attached hydrogens (tertiary/aromatic N) is 1. The van der Waals surface area contributed by atoms with Gasteiger partial charge >= 0.3 is 0 Å². The number of rotatable bonds is 2. The molecule has 0 spiro atoms. The summed E-state index contributed by atoms with van der Waals surface area (Å²) in [5.41, 5.74) is 0. The van der Waals surface area contributed by atoms with Crippen LogP contribution < -0.4 is 5.32 Å². The summed E-state index contributed by atoms with van der Waals surface area (Å²) in [4.78, 5) is 2.72. The summed E-state index contributed by atoms with van der Waals surface area (Å²) >= 11 is 0. The van der Waals surface area contributed by atoms with Crippen LogP contribution in [-0.4, -0.2) is 37.1 Å². The van der Waals surface area contributed by atoms with Crippen molar-refractivity contribution in [3.05, 3.63) is 0 Å². The zero-order chi connectivity index (χ0) is 10.8. The Bertz CT molecular complexity index is 205. The molecule has 2 aliphatic rings. The predicted molar refractivity (Wildman–Crippen MR) is 65.0 cm³/mol. The Labute approximate surface area is 94.4 Å². The van der Waals surface area contributed by atoms with E-state index in [0.29, 0.717) is 0 Å². The van der Waals surface area contributed by atoms with Crippen molar-refractivity contribution in [3.8, 4) is 0 Å². The van der Waals surface area contributed by atoms with Gasteiger partial charge in [0.15, 0.2) is 0 Å². The Morgan fingerprint density at radius 2 is 1.93 bits per heavy atom. The van der Waals surface area contributed by atoms with Gasteiger partial charge < -0.3 is 10.2 Å². The molecule has 0 aromatic rings. The van der Waals surface area contributed by atoms with Crippen LogP contribution in [-0.2, 0) is 0 Å². The normalized spacial score (nSPS) is 43.4. The van der Waals surface area contributed by atoms with Gasteiger partial charge in [-0.1, -0.05) is 13.8 Å². The Morgan fingerprint density at radius 3 is 2.60 bits per heavy atom. The van der Waals surface area contributed by atoms with Crippen molar-refractivity contribution in [1.29, 1.82) is 0 Å². The first-order chi connectivity index (χ1) is 7.18. The van der Waals surface area contributed by atoms with Gasteiger partial charge in [-0.3, -0.25) is 0 Å². The molecular formula is C13H26N2. The van der Waals surface area contributed by atoms with Crippen LogP contribution in [0.4, 0.5) is 0 Å². The van der Waals surface area contributed by atoms with Crippen molar-refractivity contribution < 1.29 is 0 Å². The van der Waals surface area contributed by atoms with E-state index < -0.39 is 0 Å². The fourth-order valence-corrected chi connectivity index (χ4v) is 3.09. The van der Waals surface area contributed by atoms with Crippen LogP contribution in [0, 0.1) is 17.8 Å². The molecule has 4 atom stereocenters. The van der Waals surface area contributed by atoms with Gasteiger partial charge in [0, 0.05) is 12.6 Å². The molecule has 2 aliphatic heterocycles. The van der Waals surface area contributed by atoms with Crippen molar-refractivity contribution in [1.82, 2.24) is 10.2 Å². The predicted octanol–water partition coefficient (Wildman–Crippen LogP) is 1.96. The zero-order valence-electron chi connectivity index (χ0n) is 10.5. The quantitative estimate of drug-likeness (QED) is 0.749. The second-order valence-electron chi connectivity index (χ2n) is 5.75. The van der Waals surface area contributed by atoms with E-state index in [4.69, 9.17) is 0 Å². The molecular weight excluding hydrogens is 184 g/mol. The van der Waals surface area contributed by atoms with Crippen LogP contribution in [0.1, 0.15) is 33.6 Å². The van der Waals surface area contributed by atoms with Crippen LogP contribution in [0.25, 0.3) is 0 Å². The highest BCUT2D eigenvalue weighted by Crippen LogP contribution is 2.26. The number of hydrogen-bond donors (Lipinski definition) is 1. The van der Waals surface area contributed by atoms with E-state index >= 15 is 0 Å². The lowest BCUT2D eigenvalue weighted by atomic mass is 9.89. The summed E-state index contributed by atoms with van der Waals surface area (Å²) < 4.78 is 0. The van der Waals surface area contributed by atoms with Crippen molar-refractivity contribution in [2.45, 2.75) is 39.7 Å². The second kappa shape index (κ2) is 4.84. The van der Waals surface area contributed by atoms with Gasteiger partial charge in [0.05, 0.1) is 0 Å². The van der Waals surface area contributed by atoms with E-state index in [1.807, 2.05) is 0 Å². The maximum absolute atomic E-state index is 3.51. The first-order valence-electron chi connectivity index (χ1n) is 6.63. The molecule has 0 saturated carbocycles. The van der Waals surface area contributed by atoms with Gasteiger partial charge in [-0.05, 0) is 57.2 Å². The van der Waals surface area contributed by atoms with E-state index in [1.54, 1.807) is 0 Å². The largest absolute Gasteiger partial charge is 0.316 e. The van der Waals surface area contributed by atoms with Crippen molar-refractivity contribution >= 4 is 0 Å². The molecule has 0 bridgehead atoms. The standard InChI is InChI=1S/C13H26N2/c1-10-5-4-6-15(12(10)3)9-13-8-14-7-11(13)2/h10-14H,4-9H2,1-3H3. The summed E-state index contributed by atoms with van der Waals surface area (Å²) in [6.45, 7) is 12.3. The zero-order valence-corrected chi connectivity index (χ0v) is 10.5. The van der Waals surface area contributed by atoms with Gasteiger partial charge in [0.2, 0.25) is 0 Å². The van der Waals surface area contributed by atoms with Crippen LogP contribution in [0.5, 0.6) is 0 Å². The Morgan fingerprint density at radius 1 is 1.13 bits per heavy atom. The number of hydrogen-bond acceptors (Lipinski definition) is 2. The maximum atomic E-state index is 3.51. The topological polar surface area (TPSA) is 15.3 Å². The van der Waals surface area contributed by atoms with Crippen molar-refractivity contribution in [2.24, 2.45) is 17.8 Å². The van der Waals surface area contributed by atoms with Crippen molar-refractivity contribution in [2.75, 3.05) is 26.2 Å². The lowest BCUT2D eigenvalue weighted by molar-refractivity contribution is 0.0917. The highest BCUT2D eigenvalue weighted by atomic mass is 15.2. The highest BCUT2D eigenvalue weighted by molar-refractivity contribution is 4.85. The molecule has 0 amide bonds. The number of nitrogens with one attached hydrogen (secondary N) is 1. The molecule has 0 aromatic carbocycles. The SMILES string of the molecule is CC1CNCC1CN1CCCC(C)C1C. The first kappa shape index (κ1) is 11.4. The van der Waals surface area contributed by atoms with E-state index in [2.05, 4.69) is 31.0 Å². The van der Waals surface area contributed by atoms with E-state index in [1.165, 1.54) is 39.0 Å². The molecule has 2 saturated heterocycles. The van der Waals surface area contributed by atoms with Gasteiger partial charge in [-0.15, -0.1) is 0 Å². The van der Waals surface area contributed by atoms with Crippen LogP contribution >= 0.6 is 0 Å². The molecule has 0 radical (unpaired) electrons. The lowest BCUT2D eigenvalue weighted by Crippen LogP contribution is -2.45. The molecule has 0 aliphatic carbocycles. The summed E-state index contributed by atoms with van der Waals surface area (Å²) in [7, 11) is 0. The number of likely N-dealkylation sites (tertiary alicyclic amines) is 1. The third-order valence-corrected chi connectivity index (χ3v) is 4.65. The fraction of sp³-hybridized carbons (Fsp3) is 1.00. The molecule has 2 heteroatoms. The van der Waals surface area contributed by atoms with Gasteiger partial charge in [-0.25, -0.2) is 0 Å². The average molecular weight is 210 g/mol. The molecule has 2 nitrogen and oxygen atoms in total. The molecule has 1 N–H and O–H groups in total. The van der Waals surface area contributed by atoms with E-state index in [-0.39, 0.29) is 0 Å². The lowest BCUT2D eigenvalue weighted by Gasteiger charge is -2.39. The second-order valence-corrected chi connectivity index (χ2v) is 5.75. The van der Waals surface area contributed by atoms with Gasteiger partial charge in [-0.2, -0.15) is 0 Å². The molecule has 4 unspecified atom stereocenters. The maximum Gasteiger partial charge on any atom is 0.00926 e. The average Bonchev–Trinajstić information content (AvgIpc) is 2.60. The number of piperidine rings is 1. The summed E-state index contributed by atoms with van der Waals surface area (Å²) in [5.74, 6) is 2.65. The molecule has 2 rings (SSSR count). The highest BCUT2D eigenvalue weighted by Gasteiger charge is 2.30. The molecule has 15 heavy (non-hydrogen) atoms. The fourth-order valence-electron chi connectivity index (χ4n) is 3.09. The minimum atomic E-state index is 0.798. The van der Waals surface area contributed by atoms with Crippen molar-refractivity contribution in [3.63, 3.8) is 0 Å². The van der Waals surface area contributed by atoms with E-state index in [9.17, 15) is 0 Å². The summed E-state index contributed by atoms with van der Waals surface area (Å²) in [5, 5.41) is 3.51. The Hall–Kier alpha value is -0.0800. The van der Waals surface area contributed by atoms with Crippen LogP contribution in [0.2, 0.25) is 0 Å². The minimum Gasteiger partial charge on any atom is -0.316 e. The molecule has 2 fully saturated rings. The molecule has 88 valence electrons. The Balaban J connectivity index is 1.87. The monoisotopic (exact) mass is 210 g/mol. The van der Waals surface area contributed by atoms with E-state index in [0.717, 1.165) is 23.8 Å². The molecule has 2 heterocycles. The van der Waals surface area contributed by atoms with Crippen LogP contribution in [0.3, 0.4) is 0 Å². The minimum absolute atomic E-state index is 0.798. The third-order valence-electron chi connectivity index (χ3n) is 4.65. The smallest absolute Gasteiger partial charge is 0.00926 e. The first-order valence-corrected chi connectivity index (χ1v) is 6.63. The Kier molecular flexibility index (Phi) is 3.68. The van der Waals surface area contributed by atoms with Gasteiger partial charge in [0.25, 0.3) is 0 Å².